The molecule has 1 fully saturated rings. The molecule has 0 unspecified atom stereocenters. The third kappa shape index (κ3) is 2.64. The molecule has 0 spiro atoms. The Kier molecular flexibility index (Phi) is 3.99. The van der Waals surface area contributed by atoms with Crippen LogP contribution in [0.25, 0.3) is 0 Å². The first-order valence-corrected chi connectivity index (χ1v) is 8.36. The Morgan fingerprint density at radius 3 is 2.29 bits per heavy atom. The summed E-state index contributed by atoms with van der Waals surface area (Å²) in [5, 5.41) is 14.7. The summed E-state index contributed by atoms with van der Waals surface area (Å²) in [7, 11) is 0. The molecule has 0 aromatic heterocycles. The van der Waals surface area contributed by atoms with Gasteiger partial charge in [0.15, 0.2) is 5.78 Å². The summed E-state index contributed by atoms with van der Waals surface area (Å²) in [6, 6.07) is 11.6. The summed E-state index contributed by atoms with van der Waals surface area (Å²) < 4.78 is 0. The van der Waals surface area contributed by atoms with Gasteiger partial charge in [-0.3, -0.25) is 24.5 Å². The normalized spacial score (nSPS) is 20.6. The van der Waals surface area contributed by atoms with Gasteiger partial charge in [0.25, 0.3) is 11.6 Å². The second kappa shape index (κ2) is 6.38. The number of hydrogen-bond acceptors (Lipinski definition) is 7. The number of fused-ring (bicyclic) bond motifs is 1. The van der Waals surface area contributed by atoms with Gasteiger partial charge in [-0.1, -0.05) is 5.16 Å². The first-order chi connectivity index (χ1) is 13.4. The lowest BCUT2D eigenvalue weighted by atomic mass is 9.94. The predicted octanol–water partition coefficient (Wildman–Crippen LogP) is 2.09. The third-order valence-corrected chi connectivity index (χ3v) is 4.72. The molecule has 0 bridgehead atoms. The van der Waals surface area contributed by atoms with E-state index in [0.717, 1.165) is 4.90 Å². The monoisotopic (exact) mass is 379 g/mol. The molecule has 28 heavy (non-hydrogen) atoms. The molecule has 0 saturated carbocycles. The van der Waals surface area contributed by atoms with Crippen molar-refractivity contribution in [1.29, 1.82) is 0 Å². The van der Waals surface area contributed by atoms with E-state index >= 15 is 0 Å². The topological polar surface area (TPSA) is 119 Å². The standard InChI is InChI=1S/C19H13N3O6/c1-10(23)11-2-6-13(7-3-11)21-18(24)15-16(20-28-17(15)19(21)25)12-4-8-14(9-5-12)22(26)27/h2-9,15,17H,1H3/t15-,17+/m0/s1. The molecule has 2 aromatic carbocycles. The fourth-order valence-electron chi connectivity index (χ4n) is 3.27. The van der Waals surface area contributed by atoms with E-state index in [1.165, 1.54) is 43.3 Å². The highest BCUT2D eigenvalue weighted by Gasteiger charge is 2.56. The van der Waals surface area contributed by atoms with Crippen LogP contribution >= 0.6 is 0 Å². The van der Waals surface area contributed by atoms with Crippen LogP contribution in [0.1, 0.15) is 22.8 Å². The van der Waals surface area contributed by atoms with Crippen LogP contribution in [-0.4, -0.2) is 34.3 Å². The van der Waals surface area contributed by atoms with Crippen LogP contribution in [0.5, 0.6) is 0 Å². The Bertz CT molecular complexity index is 1040. The van der Waals surface area contributed by atoms with Gasteiger partial charge in [-0.2, -0.15) is 0 Å². The minimum absolute atomic E-state index is 0.0965. The lowest BCUT2D eigenvalue weighted by molar-refractivity contribution is -0.384. The Balaban J connectivity index is 1.64. The number of anilines is 1. The first kappa shape index (κ1) is 17.5. The van der Waals surface area contributed by atoms with Gasteiger partial charge in [0.1, 0.15) is 11.6 Å². The van der Waals surface area contributed by atoms with Gasteiger partial charge in [0, 0.05) is 23.3 Å². The maximum atomic E-state index is 12.9. The highest BCUT2D eigenvalue weighted by molar-refractivity contribution is 6.32. The van der Waals surface area contributed by atoms with E-state index in [2.05, 4.69) is 5.16 Å². The average Bonchev–Trinajstić information content (AvgIpc) is 3.22. The summed E-state index contributed by atoms with van der Waals surface area (Å²) in [5.74, 6) is -2.11. The van der Waals surface area contributed by atoms with Crippen LogP contribution in [0.15, 0.2) is 53.7 Å². The molecular formula is C19H13N3O6. The van der Waals surface area contributed by atoms with Crippen molar-refractivity contribution in [1.82, 2.24) is 0 Å². The highest BCUT2D eigenvalue weighted by atomic mass is 16.7. The smallest absolute Gasteiger partial charge is 0.278 e. The maximum Gasteiger partial charge on any atom is 0.278 e. The van der Waals surface area contributed by atoms with Gasteiger partial charge in [0.05, 0.1) is 10.6 Å². The minimum Gasteiger partial charge on any atom is -0.381 e. The molecule has 0 radical (unpaired) electrons. The van der Waals surface area contributed by atoms with Crippen molar-refractivity contribution < 1.29 is 24.1 Å². The Labute approximate surface area is 158 Å². The highest BCUT2D eigenvalue weighted by Crippen LogP contribution is 2.35. The summed E-state index contributed by atoms with van der Waals surface area (Å²) in [6.45, 7) is 1.42. The van der Waals surface area contributed by atoms with Crippen molar-refractivity contribution in [2.24, 2.45) is 11.1 Å². The van der Waals surface area contributed by atoms with Gasteiger partial charge >= 0.3 is 0 Å². The van der Waals surface area contributed by atoms with Crippen molar-refractivity contribution in [2.45, 2.75) is 13.0 Å². The summed E-state index contributed by atoms with van der Waals surface area (Å²) in [4.78, 5) is 53.5. The average molecular weight is 379 g/mol. The minimum atomic E-state index is -1.08. The number of carbonyl (C=O) groups excluding carboxylic acids is 3. The third-order valence-electron chi connectivity index (χ3n) is 4.72. The molecule has 2 heterocycles. The number of rotatable bonds is 4. The lowest BCUT2D eigenvalue weighted by Gasteiger charge is -2.15. The number of oxime groups is 1. The van der Waals surface area contributed by atoms with Gasteiger partial charge in [-0.25, -0.2) is 4.90 Å². The van der Waals surface area contributed by atoms with Crippen LogP contribution in [0.2, 0.25) is 0 Å². The quantitative estimate of drug-likeness (QED) is 0.347. The van der Waals surface area contributed by atoms with Crippen LogP contribution in [0, 0.1) is 16.0 Å². The number of Topliss-reactive ketones (excluding diaryl/α,β-unsaturated/α-hetero) is 1. The molecule has 140 valence electrons. The number of carbonyl (C=O) groups is 3. The Morgan fingerprint density at radius 2 is 1.71 bits per heavy atom. The van der Waals surface area contributed by atoms with Gasteiger partial charge < -0.3 is 4.84 Å². The molecule has 0 N–H and O–H groups in total. The van der Waals surface area contributed by atoms with Crippen molar-refractivity contribution in [3.8, 4) is 0 Å². The van der Waals surface area contributed by atoms with Crippen LogP contribution < -0.4 is 4.90 Å². The zero-order chi connectivity index (χ0) is 20.0. The first-order valence-electron chi connectivity index (χ1n) is 8.36. The summed E-state index contributed by atoms with van der Waals surface area (Å²) >= 11 is 0. The van der Waals surface area contributed by atoms with Gasteiger partial charge in [-0.15, -0.1) is 0 Å². The second-order valence-electron chi connectivity index (χ2n) is 6.40. The fraction of sp³-hybridized carbons (Fsp3) is 0.158. The molecule has 4 rings (SSSR count). The molecule has 2 atom stereocenters. The van der Waals surface area contributed by atoms with E-state index in [1.807, 2.05) is 0 Å². The number of ketones is 1. The Morgan fingerprint density at radius 1 is 1.07 bits per heavy atom. The number of nitrogens with zero attached hydrogens (tertiary/aromatic N) is 3. The van der Waals surface area contributed by atoms with Crippen molar-refractivity contribution >= 4 is 34.7 Å². The SMILES string of the molecule is CC(=O)c1ccc(N2C(=O)[C@H]3C(c4ccc([N+](=O)[O-])cc4)=NO[C@H]3C2=O)cc1. The number of hydrogen-bond donors (Lipinski definition) is 0. The van der Waals surface area contributed by atoms with Crippen LogP contribution in [0.3, 0.4) is 0 Å². The van der Waals surface area contributed by atoms with Gasteiger partial charge in [-0.05, 0) is 43.3 Å². The fourth-order valence-corrected chi connectivity index (χ4v) is 3.27. The molecular weight excluding hydrogens is 366 g/mol. The maximum absolute atomic E-state index is 12.9. The molecule has 9 nitrogen and oxygen atoms in total. The zero-order valence-electron chi connectivity index (χ0n) is 14.6. The lowest BCUT2D eigenvalue weighted by Crippen LogP contribution is -2.33. The molecule has 2 aromatic rings. The van der Waals surface area contributed by atoms with E-state index in [9.17, 15) is 24.5 Å². The molecule has 2 aliphatic heterocycles. The number of nitro groups is 1. The Hall–Kier alpha value is -3.88. The summed E-state index contributed by atoms with van der Waals surface area (Å²) in [6.07, 6.45) is -1.08. The molecule has 1 saturated heterocycles. The number of non-ortho nitro benzene ring substituents is 1. The van der Waals surface area contributed by atoms with Gasteiger partial charge in [0.2, 0.25) is 12.0 Å². The van der Waals surface area contributed by atoms with Crippen molar-refractivity contribution in [3.63, 3.8) is 0 Å². The van der Waals surface area contributed by atoms with Crippen LogP contribution in [-0.2, 0) is 14.4 Å². The number of amides is 2. The predicted molar refractivity (Wildman–Crippen MR) is 96.9 cm³/mol. The van der Waals surface area contributed by atoms with Crippen molar-refractivity contribution in [3.05, 3.63) is 69.8 Å². The zero-order valence-corrected chi connectivity index (χ0v) is 14.6. The van der Waals surface area contributed by atoms with E-state index in [4.69, 9.17) is 4.84 Å². The van der Waals surface area contributed by atoms with Crippen LogP contribution in [0.4, 0.5) is 11.4 Å². The molecule has 0 aliphatic carbocycles. The molecule has 9 heteroatoms. The largest absolute Gasteiger partial charge is 0.381 e. The molecule has 2 aliphatic rings. The number of nitro benzene ring substituents is 1. The van der Waals surface area contributed by atoms with Crippen molar-refractivity contribution in [2.75, 3.05) is 4.90 Å². The molecule has 2 amide bonds. The van der Waals surface area contributed by atoms with E-state index in [1.54, 1.807) is 12.1 Å². The summed E-state index contributed by atoms with van der Waals surface area (Å²) in [5.41, 5.74) is 1.42. The number of benzene rings is 2. The second-order valence-corrected chi connectivity index (χ2v) is 6.40. The van der Waals surface area contributed by atoms with E-state index in [0.29, 0.717) is 16.8 Å². The van der Waals surface area contributed by atoms with E-state index < -0.39 is 28.8 Å². The number of imide groups is 1. The van der Waals surface area contributed by atoms with E-state index in [-0.39, 0.29) is 17.2 Å².